The number of benzene rings is 14. The third-order valence-electron chi connectivity index (χ3n) is 21.3. The molecule has 0 bridgehead atoms. The molecule has 0 amide bonds. The summed E-state index contributed by atoms with van der Waals surface area (Å²) in [5.41, 5.74) is 18.8. The van der Waals surface area contributed by atoms with Crippen molar-refractivity contribution in [1.82, 2.24) is 49.8 Å². The Kier molecular flexibility index (Phi) is 15.1. The minimum Gasteiger partial charge on any atom is -0.456 e. The minimum absolute atomic E-state index is 0.567. The van der Waals surface area contributed by atoms with Crippen LogP contribution in [0, 0.1) is 0 Å². The van der Waals surface area contributed by atoms with E-state index in [-0.39, 0.29) is 0 Å². The molecule has 0 atom stereocenters. The van der Waals surface area contributed by atoms with E-state index in [0.717, 1.165) is 187 Å². The van der Waals surface area contributed by atoms with E-state index in [1.807, 2.05) is 78.9 Å². The topological polar surface area (TPSA) is 142 Å². The first-order chi connectivity index (χ1) is 55.9. The van der Waals surface area contributed by atoms with Crippen LogP contribution in [0.3, 0.4) is 0 Å². The van der Waals surface area contributed by atoms with Crippen molar-refractivity contribution in [2.24, 2.45) is 0 Å². The van der Waals surface area contributed by atoms with Gasteiger partial charge in [-0.05, 0) is 89.0 Å². The summed E-state index contributed by atoms with van der Waals surface area (Å²) in [6.07, 6.45) is 0. The molecule has 0 saturated heterocycles. The molecule has 0 unspecified atom stereocenters. The Bertz CT molecular complexity index is 7760. The molecular formula is C98H54N10OS4. The van der Waals surface area contributed by atoms with E-state index in [1.165, 1.54) is 4.70 Å². The van der Waals surface area contributed by atoms with Crippen molar-refractivity contribution >= 4 is 148 Å². The van der Waals surface area contributed by atoms with Gasteiger partial charge in [-0.15, -0.1) is 45.3 Å². The molecule has 9 heterocycles. The maximum absolute atomic E-state index is 6.93. The summed E-state index contributed by atoms with van der Waals surface area (Å²) in [6, 6.07) is 114. The lowest BCUT2D eigenvalue weighted by molar-refractivity contribution is 0.669. The number of fused-ring (bicyclic) bond motifs is 15. The van der Waals surface area contributed by atoms with Crippen LogP contribution in [0.5, 0.6) is 0 Å². The van der Waals surface area contributed by atoms with Gasteiger partial charge in [0.25, 0.3) is 0 Å². The Morgan fingerprint density at radius 3 is 0.991 bits per heavy atom. The van der Waals surface area contributed by atoms with Gasteiger partial charge in [-0.1, -0.05) is 261 Å². The second-order valence-electron chi connectivity index (χ2n) is 28.0. The van der Waals surface area contributed by atoms with E-state index in [4.69, 9.17) is 54.3 Å². The average molecular weight is 1520 g/mol. The molecule has 15 heteroatoms. The van der Waals surface area contributed by atoms with Crippen LogP contribution in [0.25, 0.3) is 239 Å². The highest BCUT2D eigenvalue weighted by Crippen LogP contribution is 2.49. The van der Waals surface area contributed by atoms with Crippen molar-refractivity contribution in [3.63, 3.8) is 0 Å². The molecule has 0 spiro atoms. The largest absolute Gasteiger partial charge is 0.456 e. The SMILES string of the molecule is c1ccc(-c2cccc(-c3nc(-c4cccc5c4sc4cccc(-c6nc(-c7ccccc7)nc(-c7ccc(-c8ccc9c(c8)oc8cc(-c%10nc(-c%11cccc%12c%11sc%11cccc(-c%13nc(-c%14ccccc%14)nc(-c%14ccccc%14)n%13)c%11%12)nc%11c%10sc%10ccccc%10%11)ccc89)cc7)n6)c45)nc4c3sc3ccccc34)c2)cc1. The van der Waals surface area contributed by atoms with E-state index in [0.29, 0.717) is 46.6 Å². The molecule has 23 aromatic rings. The molecule has 0 aliphatic carbocycles. The quantitative estimate of drug-likeness (QED) is 0.115. The number of hydrogen-bond donors (Lipinski definition) is 0. The van der Waals surface area contributed by atoms with Gasteiger partial charge < -0.3 is 4.42 Å². The summed E-state index contributed by atoms with van der Waals surface area (Å²) in [7, 11) is 0. The Morgan fingerprint density at radius 1 is 0.186 bits per heavy atom. The smallest absolute Gasteiger partial charge is 0.164 e. The molecule has 0 aliphatic rings. The molecule has 0 fully saturated rings. The second-order valence-corrected chi connectivity index (χ2v) is 32.2. The van der Waals surface area contributed by atoms with Gasteiger partial charge in [0, 0.05) is 127 Å². The van der Waals surface area contributed by atoms with Crippen LogP contribution in [0.1, 0.15) is 0 Å². The number of nitrogens with zero attached hydrogens (tertiary/aromatic N) is 10. The summed E-state index contributed by atoms with van der Waals surface area (Å²) in [4.78, 5) is 53.4. The average Bonchev–Trinajstić information content (AvgIpc) is 1.59. The Labute approximate surface area is 660 Å². The van der Waals surface area contributed by atoms with Gasteiger partial charge in [-0.3, -0.25) is 0 Å². The van der Waals surface area contributed by atoms with Crippen LogP contribution >= 0.6 is 45.3 Å². The molecule has 0 aliphatic heterocycles. The fourth-order valence-electron chi connectivity index (χ4n) is 15.9. The first-order valence-corrected chi connectivity index (χ1v) is 40.4. The van der Waals surface area contributed by atoms with Crippen molar-refractivity contribution in [1.29, 1.82) is 0 Å². The van der Waals surface area contributed by atoms with Crippen molar-refractivity contribution in [2.75, 3.05) is 0 Å². The molecular weight excluding hydrogens is 1460 g/mol. The van der Waals surface area contributed by atoms with Crippen LogP contribution in [0.15, 0.2) is 332 Å². The summed E-state index contributed by atoms with van der Waals surface area (Å²) in [5, 5.41) is 8.54. The van der Waals surface area contributed by atoms with Gasteiger partial charge in [-0.25, -0.2) is 49.8 Å². The Hall–Kier alpha value is -14.1. The minimum atomic E-state index is 0.567. The fraction of sp³-hybridized carbons (Fsp3) is 0. The highest BCUT2D eigenvalue weighted by atomic mass is 32.1. The van der Waals surface area contributed by atoms with Crippen molar-refractivity contribution in [3.8, 4) is 136 Å². The zero-order valence-corrected chi connectivity index (χ0v) is 63.0. The molecule has 23 rings (SSSR count). The number of rotatable bonds is 12. The maximum atomic E-state index is 6.93. The first kappa shape index (κ1) is 64.9. The lowest BCUT2D eigenvalue weighted by Gasteiger charge is -2.11. The van der Waals surface area contributed by atoms with Crippen LogP contribution < -0.4 is 0 Å². The lowest BCUT2D eigenvalue weighted by atomic mass is 10.0. The van der Waals surface area contributed by atoms with Gasteiger partial charge in [0.2, 0.25) is 0 Å². The summed E-state index contributed by atoms with van der Waals surface area (Å²) in [6.45, 7) is 0. The van der Waals surface area contributed by atoms with Crippen LogP contribution in [0.2, 0.25) is 0 Å². The number of furan rings is 1. The van der Waals surface area contributed by atoms with Crippen molar-refractivity contribution in [3.05, 3.63) is 328 Å². The van der Waals surface area contributed by atoms with Gasteiger partial charge >= 0.3 is 0 Å². The Balaban J connectivity index is 0.590. The maximum Gasteiger partial charge on any atom is 0.164 e. The molecule has 0 N–H and O–H groups in total. The number of thiophene rings is 4. The van der Waals surface area contributed by atoms with Crippen LogP contribution in [-0.2, 0) is 0 Å². The van der Waals surface area contributed by atoms with E-state index >= 15 is 0 Å². The van der Waals surface area contributed by atoms with Gasteiger partial charge in [0.1, 0.15) is 11.2 Å². The van der Waals surface area contributed by atoms with Gasteiger partial charge in [0.05, 0.1) is 31.8 Å². The highest BCUT2D eigenvalue weighted by molar-refractivity contribution is 7.27. The highest BCUT2D eigenvalue weighted by Gasteiger charge is 2.26. The normalized spacial score (nSPS) is 11.9. The van der Waals surface area contributed by atoms with Crippen LogP contribution in [0.4, 0.5) is 0 Å². The number of hydrogen-bond acceptors (Lipinski definition) is 15. The summed E-state index contributed by atoms with van der Waals surface area (Å²) >= 11 is 6.94. The first-order valence-electron chi connectivity index (χ1n) is 37.2. The number of aromatic nitrogens is 10. The Morgan fingerprint density at radius 2 is 0.496 bits per heavy atom. The standard InChI is InChI=1S/C98H54N10OS4/c1-5-22-55(23-6-1)61-30-17-31-63(52-61)83-89-85(67-32-13-15-40-77(67)110-89)101-97(99-83)73-38-18-34-70-82-72(37-21-43-80(82)112-87(70)73)96-107-93(59-28-11-4-12-29-59)104-94(108-96)60-46-44-56(45-47-60)62-48-50-65-66-51-49-64(54-76(66)109-75(65)53-62)84-90-86(68-33-14-16-41-78(68)111-90)102-98(100-84)74-39-19-35-69-81-71(36-20-42-79(81)113-88(69)74)95-105-91(57-24-7-2-8-25-57)103-92(106-95)58-26-9-3-10-27-58/h1-54H. The summed E-state index contributed by atoms with van der Waals surface area (Å²) in [5.74, 6) is 4.89. The van der Waals surface area contributed by atoms with Crippen LogP contribution in [-0.4, -0.2) is 49.8 Å². The second kappa shape index (κ2) is 26.3. The molecule has 0 radical (unpaired) electrons. The molecule has 526 valence electrons. The monoisotopic (exact) mass is 1510 g/mol. The van der Waals surface area contributed by atoms with E-state index < -0.39 is 0 Å². The van der Waals surface area contributed by atoms with Crippen molar-refractivity contribution in [2.45, 2.75) is 0 Å². The predicted molar refractivity (Wildman–Crippen MR) is 468 cm³/mol. The zero-order chi connectivity index (χ0) is 74.2. The molecule has 9 aromatic heterocycles. The molecule has 14 aromatic carbocycles. The lowest BCUT2D eigenvalue weighted by Crippen LogP contribution is -2.00. The van der Waals surface area contributed by atoms with E-state index in [1.54, 1.807) is 45.3 Å². The van der Waals surface area contributed by atoms with E-state index in [9.17, 15) is 0 Å². The third-order valence-corrected chi connectivity index (χ3v) is 26.0. The zero-order valence-electron chi connectivity index (χ0n) is 59.7. The molecule has 11 nitrogen and oxygen atoms in total. The summed E-state index contributed by atoms with van der Waals surface area (Å²) < 4.78 is 15.7. The van der Waals surface area contributed by atoms with Gasteiger partial charge in [-0.2, -0.15) is 0 Å². The fourth-order valence-corrected chi connectivity index (χ4v) is 20.7. The third kappa shape index (κ3) is 11.0. The van der Waals surface area contributed by atoms with Crippen molar-refractivity contribution < 1.29 is 4.42 Å². The van der Waals surface area contributed by atoms with Gasteiger partial charge in [0.15, 0.2) is 46.6 Å². The van der Waals surface area contributed by atoms with E-state index in [2.05, 4.69) is 249 Å². The molecule has 113 heavy (non-hydrogen) atoms. The predicted octanol–water partition coefficient (Wildman–Crippen LogP) is 27.0. The molecule has 0 saturated carbocycles.